The highest BCUT2D eigenvalue weighted by molar-refractivity contribution is 7.18. The molecule has 3 N–H and O–H groups in total. The summed E-state index contributed by atoms with van der Waals surface area (Å²) in [5.41, 5.74) is 10.7. The summed E-state index contributed by atoms with van der Waals surface area (Å²) in [6.45, 7) is 6.08. The Morgan fingerprint density at radius 1 is 1.37 bits per heavy atom. The van der Waals surface area contributed by atoms with Gasteiger partial charge in [-0.2, -0.15) is 0 Å². The summed E-state index contributed by atoms with van der Waals surface area (Å²) in [7, 11) is 0. The predicted molar refractivity (Wildman–Crippen MR) is 80.0 cm³/mol. The van der Waals surface area contributed by atoms with Gasteiger partial charge in [0.1, 0.15) is 4.88 Å². The highest BCUT2D eigenvalue weighted by Gasteiger charge is 2.21. The van der Waals surface area contributed by atoms with E-state index in [1.54, 1.807) is 0 Å². The van der Waals surface area contributed by atoms with Crippen molar-refractivity contribution in [2.75, 3.05) is 5.73 Å². The van der Waals surface area contributed by atoms with Gasteiger partial charge in [0.2, 0.25) is 0 Å². The molecule has 4 heteroatoms. The number of carbonyl (C=O) groups is 1. The number of benzene rings is 1. The summed E-state index contributed by atoms with van der Waals surface area (Å²) in [6.07, 6.45) is 0.734. The maximum absolute atomic E-state index is 11.2. The number of carboxylic acids is 1. The van der Waals surface area contributed by atoms with Crippen molar-refractivity contribution in [2.24, 2.45) is 0 Å². The minimum Gasteiger partial charge on any atom is -0.477 e. The number of anilines is 1. The van der Waals surface area contributed by atoms with E-state index in [4.69, 9.17) is 5.73 Å². The molecule has 2 rings (SSSR count). The van der Waals surface area contributed by atoms with Gasteiger partial charge in [0, 0.05) is 4.88 Å². The van der Waals surface area contributed by atoms with E-state index in [-0.39, 0.29) is 4.88 Å². The zero-order valence-electron chi connectivity index (χ0n) is 11.3. The van der Waals surface area contributed by atoms with Crippen molar-refractivity contribution in [2.45, 2.75) is 27.2 Å². The molecule has 1 aromatic heterocycles. The first-order chi connectivity index (χ1) is 8.95. The Bertz CT molecular complexity index is 644. The lowest BCUT2D eigenvalue weighted by Crippen LogP contribution is -1.99. The standard InChI is InChI=1S/C15H17NO2S/c1-4-10-12(16)14(15(17)18)19-13(10)11-6-5-8(2)7-9(11)3/h5-7H,4,16H2,1-3H3,(H,17,18). The number of aryl methyl sites for hydroxylation is 2. The smallest absolute Gasteiger partial charge is 0.348 e. The molecule has 100 valence electrons. The number of nitrogens with two attached hydrogens (primary N) is 1. The van der Waals surface area contributed by atoms with E-state index in [0.29, 0.717) is 5.69 Å². The third-order valence-corrected chi connectivity index (χ3v) is 4.49. The highest BCUT2D eigenvalue weighted by atomic mass is 32.1. The number of aromatic carboxylic acids is 1. The average Bonchev–Trinajstić information content (AvgIpc) is 2.66. The summed E-state index contributed by atoms with van der Waals surface area (Å²) < 4.78 is 0. The molecule has 0 unspecified atom stereocenters. The molecule has 0 aliphatic rings. The molecule has 0 amide bonds. The van der Waals surface area contributed by atoms with Crippen LogP contribution in [0.2, 0.25) is 0 Å². The molecule has 0 aliphatic carbocycles. The molecule has 0 fully saturated rings. The zero-order chi connectivity index (χ0) is 14.2. The quantitative estimate of drug-likeness (QED) is 0.893. The summed E-state index contributed by atoms with van der Waals surface area (Å²) in [4.78, 5) is 12.4. The second kappa shape index (κ2) is 5.05. The normalized spacial score (nSPS) is 10.7. The second-order valence-electron chi connectivity index (χ2n) is 4.63. The van der Waals surface area contributed by atoms with Crippen molar-refractivity contribution in [3.63, 3.8) is 0 Å². The van der Waals surface area contributed by atoms with E-state index in [9.17, 15) is 9.90 Å². The van der Waals surface area contributed by atoms with Crippen LogP contribution in [0.1, 0.15) is 33.3 Å². The van der Waals surface area contributed by atoms with Gasteiger partial charge in [-0.1, -0.05) is 30.7 Å². The first kappa shape index (κ1) is 13.6. The Hall–Kier alpha value is -1.81. The van der Waals surface area contributed by atoms with Crippen LogP contribution in [0.3, 0.4) is 0 Å². The minimum atomic E-state index is -0.951. The van der Waals surface area contributed by atoms with Crippen LogP contribution in [-0.4, -0.2) is 11.1 Å². The summed E-state index contributed by atoms with van der Waals surface area (Å²) in [5.74, 6) is -0.951. The summed E-state index contributed by atoms with van der Waals surface area (Å²) in [6, 6.07) is 6.18. The van der Waals surface area contributed by atoms with Crippen molar-refractivity contribution in [1.82, 2.24) is 0 Å². The fraction of sp³-hybridized carbons (Fsp3) is 0.267. The molecule has 0 atom stereocenters. The van der Waals surface area contributed by atoms with E-state index in [1.165, 1.54) is 16.9 Å². The minimum absolute atomic E-state index is 0.242. The van der Waals surface area contributed by atoms with Gasteiger partial charge < -0.3 is 10.8 Å². The largest absolute Gasteiger partial charge is 0.477 e. The molecule has 0 aliphatic heterocycles. The van der Waals surface area contributed by atoms with Gasteiger partial charge in [0.25, 0.3) is 0 Å². The molecule has 2 aromatic rings. The van der Waals surface area contributed by atoms with Gasteiger partial charge >= 0.3 is 5.97 Å². The Morgan fingerprint density at radius 2 is 2.05 bits per heavy atom. The van der Waals surface area contributed by atoms with Crippen LogP contribution in [0.25, 0.3) is 10.4 Å². The van der Waals surface area contributed by atoms with Crippen LogP contribution >= 0.6 is 11.3 Å². The SMILES string of the molecule is CCc1c(-c2ccc(C)cc2C)sc(C(=O)O)c1N. The molecule has 0 saturated carbocycles. The number of carboxylic acid groups (broad SMARTS) is 1. The fourth-order valence-electron chi connectivity index (χ4n) is 2.27. The van der Waals surface area contributed by atoms with Crippen LogP contribution < -0.4 is 5.73 Å². The van der Waals surface area contributed by atoms with Crippen LogP contribution in [-0.2, 0) is 6.42 Å². The number of rotatable bonds is 3. The van der Waals surface area contributed by atoms with Crippen LogP contribution in [0.5, 0.6) is 0 Å². The Morgan fingerprint density at radius 3 is 2.58 bits per heavy atom. The third kappa shape index (κ3) is 2.36. The first-order valence-electron chi connectivity index (χ1n) is 6.17. The molecule has 0 spiro atoms. The third-order valence-electron chi connectivity index (χ3n) is 3.22. The lowest BCUT2D eigenvalue weighted by atomic mass is 10.0. The number of nitrogen functional groups attached to an aromatic ring is 1. The van der Waals surface area contributed by atoms with Crippen LogP contribution in [0.4, 0.5) is 5.69 Å². The van der Waals surface area contributed by atoms with E-state index in [1.807, 2.05) is 32.9 Å². The first-order valence-corrected chi connectivity index (χ1v) is 6.99. The van der Waals surface area contributed by atoms with Gasteiger partial charge in [-0.25, -0.2) is 4.79 Å². The van der Waals surface area contributed by atoms with Crippen LogP contribution in [0.15, 0.2) is 18.2 Å². The van der Waals surface area contributed by atoms with Crippen molar-refractivity contribution < 1.29 is 9.90 Å². The topological polar surface area (TPSA) is 63.3 Å². The van der Waals surface area contributed by atoms with Gasteiger partial charge in [0.15, 0.2) is 0 Å². The Labute approximate surface area is 116 Å². The van der Waals surface area contributed by atoms with Gasteiger partial charge in [-0.05, 0) is 37.0 Å². The molecule has 0 bridgehead atoms. The molecular weight excluding hydrogens is 258 g/mol. The lowest BCUT2D eigenvalue weighted by molar-refractivity contribution is 0.0703. The molecule has 0 radical (unpaired) electrons. The monoisotopic (exact) mass is 275 g/mol. The maximum Gasteiger partial charge on any atom is 0.348 e. The van der Waals surface area contributed by atoms with Crippen molar-refractivity contribution in [3.05, 3.63) is 39.8 Å². The maximum atomic E-state index is 11.2. The Kier molecular flexibility index (Phi) is 3.62. The van der Waals surface area contributed by atoms with Crippen LogP contribution in [0, 0.1) is 13.8 Å². The molecule has 0 saturated heterocycles. The number of thiophene rings is 1. The van der Waals surface area contributed by atoms with Crippen molar-refractivity contribution in [1.29, 1.82) is 0 Å². The van der Waals surface area contributed by atoms with E-state index >= 15 is 0 Å². The number of hydrogen-bond donors (Lipinski definition) is 2. The molecule has 3 nitrogen and oxygen atoms in total. The Balaban J connectivity index is 2.68. The predicted octanol–water partition coefficient (Wildman–Crippen LogP) is 3.87. The van der Waals surface area contributed by atoms with Crippen molar-refractivity contribution >= 4 is 23.0 Å². The van der Waals surface area contributed by atoms with Gasteiger partial charge in [-0.15, -0.1) is 11.3 Å². The molecular formula is C15H17NO2S. The van der Waals surface area contributed by atoms with E-state index < -0.39 is 5.97 Å². The fourth-order valence-corrected chi connectivity index (χ4v) is 3.51. The highest BCUT2D eigenvalue weighted by Crippen LogP contribution is 2.40. The lowest BCUT2D eigenvalue weighted by Gasteiger charge is -2.07. The van der Waals surface area contributed by atoms with Gasteiger partial charge in [0.05, 0.1) is 5.69 Å². The molecule has 19 heavy (non-hydrogen) atoms. The van der Waals surface area contributed by atoms with Gasteiger partial charge in [-0.3, -0.25) is 0 Å². The molecule has 1 aromatic carbocycles. The summed E-state index contributed by atoms with van der Waals surface area (Å²) >= 11 is 1.27. The number of hydrogen-bond acceptors (Lipinski definition) is 3. The second-order valence-corrected chi connectivity index (χ2v) is 5.65. The van der Waals surface area contributed by atoms with E-state index in [0.717, 1.165) is 28.0 Å². The summed E-state index contributed by atoms with van der Waals surface area (Å²) in [5, 5.41) is 9.19. The van der Waals surface area contributed by atoms with E-state index in [2.05, 4.69) is 6.07 Å². The zero-order valence-corrected chi connectivity index (χ0v) is 12.1. The van der Waals surface area contributed by atoms with Crippen molar-refractivity contribution in [3.8, 4) is 10.4 Å². The molecule has 1 heterocycles. The average molecular weight is 275 g/mol.